The van der Waals surface area contributed by atoms with Gasteiger partial charge in [-0.3, -0.25) is 4.79 Å². The number of hydrogen-bond acceptors (Lipinski definition) is 2. The summed E-state index contributed by atoms with van der Waals surface area (Å²) >= 11 is 0. The molecule has 9 heteroatoms. The largest absolute Gasteiger partial charge is 0.409 e. The molecule has 0 aromatic heterocycles. The summed E-state index contributed by atoms with van der Waals surface area (Å²) < 4.78 is 74.4. The highest BCUT2D eigenvalue weighted by Gasteiger charge is 2.61. The fourth-order valence-corrected chi connectivity index (χ4v) is 2.43. The van der Waals surface area contributed by atoms with Gasteiger partial charge >= 0.3 is 12.4 Å². The molecule has 1 aliphatic carbocycles. The van der Waals surface area contributed by atoms with Gasteiger partial charge in [-0.15, -0.1) is 0 Å². The molecular weight excluding hydrogens is 290 g/mol. The molecule has 2 unspecified atom stereocenters. The van der Waals surface area contributed by atoms with Crippen molar-refractivity contribution in [2.75, 3.05) is 6.54 Å². The Hall–Kier alpha value is -0.990. The zero-order chi connectivity index (χ0) is 15.6. The number of rotatable bonds is 3. The number of carbonyl (C=O) groups excluding carboxylic acids is 1. The van der Waals surface area contributed by atoms with Gasteiger partial charge in [0, 0.05) is 6.04 Å². The summed E-state index contributed by atoms with van der Waals surface area (Å²) in [6.45, 7) is 0.119. The van der Waals surface area contributed by atoms with Crippen LogP contribution in [0.2, 0.25) is 0 Å². The van der Waals surface area contributed by atoms with Crippen molar-refractivity contribution in [2.45, 2.75) is 44.1 Å². The molecule has 0 aromatic carbocycles. The van der Waals surface area contributed by atoms with E-state index in [1.807, 2.05) is 5.32 Å². The molecule has 0 saturated heterocycles. The van der Waals surface area contributed by atoms with Crippen LogP contribution < -0.4 is 11.1 Å². The molecule has 20 heavy (non-hydrogen) atoms. The molecule has 1 aliphatic rings. The van der Waals surface area contributed by atoms with E-state index in [1.165, 1.54) is 0 Å². The van der Waals surface area contributed by atoms with Crippen LogP contribution in [0.25, 0.3) is 0 Å². The SMILES string of the molecule is NCC1CCCCC1NC(=O)C(C(F)(F)F)C(F)(F)F. The maximum absolute atomic E-state index is 12.4. The molecule has 0 aromatic rings. The van der Waals surface area contributed by atoms with E-state index in [4.69, 9.17) is 5.73 Å². The van der Waals surface area contributed by atoms with Crippen molar-refractivity contribution < 1.29 is 31.1 Å². The highest BCUT2D eigenvalue weighted by molar-refractivity contribution is 5.80. The van der Waals surface area contributed by atoms with Crippen LogP contribution in [0.1, 0.15) is 25.7 Å². The van der Waals surface area contributed by atoms with E-state index < -0.39 is 30.2 Å². The van der Waals surface area contributed by atoms with Gasteiger partial charge in [0.15, 0.2) is 0 Å². The number of carbonyl (C=O) groups is 1. The van der Waals surface area contributed by atoms with Crippen molar-refractivity contribution in [1.82, 2.24) is 5.32 Å². The molecule has 1 rings (SSSR count). The number of amides is 1. The van der Waals surface area contributed by atoms with Crippen molar-refractivity contribution in [2.24, 2.45) is 17.6 Å². The van der Waals surface area contributed by atoms with E-state index in [-0.39, 0.29) is 12.5 Å². The number of nitrogens with one attached hydrogen (secondary N) is 1. The standard InChI is InChI=1S/C11H16F6N2O/c12-10(13,14)8(11(15,16)17)9(20)19-7-4-2-1-3-6(7)5-18/h6-8H,1-5,18H2,(H,19,20). The summed E-state index contributed by atoms with van der Waals surface area (Å²) in [5.74, 6) is -6.32. The van der Waals surface area contributed by atoms with Crippen LogP contribution in [0.4, 0.5) is 26.3 Å². The molecule has 0 spiro atoms. The Balaban J connectivity index is 2.81. The lowest BCUT2D eigenvalue weighted by molar-refractivity contribution is -0.274. The molecule has 1 fully saturated rings. The number of alkyl halides is 6. The van der Waals surface area contributed by atoms with Crippen molar-refractivity contribution in [3.63, 3.8) is 0 Å². The number of nitrogens with two attached hydrogens (primary N) is 1. The van der Waals surface area contributed by atoms with Gasteiger partial charge in [-0.2, -0.15) is 26.3 Å². The first-order chi connectivity index (χ1) is 9.07. The van der Waals surface area contributed by atoms with Gasteiger partial charge in [-0.05, 0) is 25.3 Å². The lowest BCUT2D eigenvalue weighted by atomic mass is 9.84. The molecule has 0 aliphatic heterocycles. The van der Waals surface area contributed by atoms with Crippen LogP contribution >= 0.6 is 0 Å². The Kier molecular flexibility index (Phi) is 5.28. The van der Waals surface area contributed by atoms with E-state index in [0.717, 1.165) is 6.42 Å². The van der Waals surface area contributed by atoms with Crippen molar-refractivity contribution in [1.29, 1.82) is 0 Å². The molecule has 1 amide bonds. The smallest absolute Gasteiger partial charge is 0.352 e. The number of halogens is 6. The van der Waals surface area contributed by atoms with E-state index >= 15 is 0 Å². The number of hydrogen-bond donors (Lipinski definition) is 2. The minimum absolute atomic E-state index is 0.119. The Bertz CT molecular complexity index is 327. The average molecular weight is 306 g/mol. The third-order valence-corrected chi connectivity index (χ3v) is 3.46. The van der Waals surface area contributed by atoms with E-state index in [9.17, 15) is 31.1 Å². The quantitative estimate of drug-likeness (QED) is 0.787. The molecule has 2 atom stereocenters. The Morgan fingerprint density at radius 3 is 2.05 bits per heavy atom. The Labute approximate surface area is 111 Å². The van der Waals surface area contributed by atoms with Gasteiger partial charge in [0.25, 0.3) is 0 Å². The summed E-state index contributed by atoms with van der Waals surface area (Å²) in [6, 6.07) is -0.728. The summed E-state index contributed by atoms with van der Waals surface area (Å²) in [6.07, 6.45) is -8.94. The van der Waals surface area contributed by atoms with Gasteiger partial charge in [0.2, 0.25) is 11.8 Å². The molecule has 0 heterocycles. The maximum Gasteiger partial charge on any atom is 0.409 e. The van der Waals surface area contributed by atoms with Gasteiger partial charge in [-0.25, -0.2) is 0 Å². The van der Waals surface area contributed by atoms with Crippen LogP contribution in [0.3, 0.4) is 0 Å². The van der Waals surface area contributed by atoms with Gasteiger partial charge in [0.05, 0.1) is 0 Å². The fraction of sp³-hybridized carbons (Fsp3) is 0.909. The minimum Gasteiger partial charge on any atom is -0.352 e. The Morgan fingerprint density at radius 1 is 1.10 bits per heavy atom. The van der Waals surface area contributed by atoms with Gasteiger partial charge in [0.1, 0.15) is 0 Å². The fourth-order valence-electron chi connectivity index (χ4n) is 2.43. The monoisotopic (exact) mass is 306 g/mol. The third kappa shape index (κ3) is 4.26. The van der Waals surface area contributed by atoms with Crippen molar-refractivity contribution in [3.05, 3.63) is 0 Å². The topological polar surface area (TPSA) is 55.1 Å². The molecule has 0 radical (unpaired) electrons. The summed E-state index contributed by atoms with van der Waals surface area (Å²) in [7, 11) is 0. The summed E-state index contributed by atoms with van der Waals surface area (Å²) in [5, 5.41) is 1.87. The molecule has 0 bridgehead atoms. The van der Waals surface area contributed by atoms with E-state index in [2.05, 4.69) is 0 Å². The second-order valence-electron chi connectivity index (χ2n) is 4.91. The highest BCUT2D eigenvalue weighted by atomic mass is 19.4. The van der Waals surface area contributed by atoms with Crippen LogP contribution in [-0.2, 0) is 4.79 Å². The first kappa shape index (κ1) is 17.1. The first-order valence-electron chi connectivity index (χ1n) is 6.21. The second-order valence-corrected chi connectivity index (χ2v) is 4.91. The van der Waals surface area contributed by atoms with Gasteiger partial charge in [-0.1, -0.05) is 12.8 Å². The first-order valence-corrected chi connectivity index (χ1v) is 6.21. The summed E-state index contributed by atoms with van der Waals surface area (Å²) in [4.78, 5) is 11.4. The summed E-state index contributed by atoms with van der Waals surface area (Å²) in [5.41, 5.74) is 5.42. The third-order valence-electron chi connectivity index (χ3n) is 3.46. The average Bonchev–Trinajstić information content (AvgIpc) is 2.25. The maximum atomic E-state index is 12.4. The zero-order valence-electron chi connectivity index (χ0n) is 10.5. The van der Waals surface area contributed by atoms with E-state index in [1.54, 1.807) is 0 Å². The van der Waals surface area contributed by atoms with Gasteiger partial charge < -0.3 is 11.1 Å². The van der Waals surface area contributed by atoms with Crippen LogP contribution in [0, 0.1) is 11.8 Å². The normalized spacial score (nSPS) is 24.8. The van der Waals surface area contributed by atoms with Crippen LogP contribution in [0.15, 0.2) is 0 Å². The molecular formula is C11H16F6N2O. The van der Waals surface area contributed by atoms with Crippen LogP contribution in [-0.4, -0.2) is 30.8 Å². The minimum atomic E-state index is -5.66. The predicted molar refractivity (Wildman–Crippen MR) is 58.5 cm³/mol. The lowest BCUT2D eigenvalue weighted by Crippen LogP contribution is -2.53. The van der Waals surface area contributed by atoms with Crippen molar-refractivity contribution >= 4 is 5.91 Å². The molecule has 1 saturated carbocycles. The molecule has 3 nitrogen and oxygen atoms in total. The highest BCUT2D eigenvalue weighted by Crippen LogP contribution is 2.39. The lowest BCUT2D eigenvalue weighted by Gasteiger charge is -2.33. The zero-order valence-corrected chi connectivity index (χ0v) is 10.5. The predicted octanol–water partition coefficient (Wildman–Crippen LogP) is 2.36. The Morgan fingerprint density at radius 2 is 1.60 bits per heavy atom. The second kappa shape index (κ2) is 6.19. The van der Waals surface area contributed by atoms with Crippen LogP contribution in [0.5, 0.6) is 0 Å². The van der Waals surface area contributed by atoms with Crippen molar-refractivity contribution in [3.8, 4) is 0 Å². The molecule has 118 valence electrons. The molecule has 3 N–H and O–H groups in total. The van der Waals surface area contributed by atoms with E-state index in [0.29, 0.717) is 19.3 Å².